The molecule has 0 bridgehead atoms. The molecule has 1 nitrogen and oxygen atoms in total. The Bertz CT molecular complexity index is 488. The molecule has 2 aromatic rings. The summed E-state index contributed by atoms with van der Waals surface area (Å²) in [6.45, 7) is 0.871. The Balaban J connectivity index is 1.98. The third kappa shape index (κ3) is 2.43. The first-order chi connectivity index (χ1) is 8.34. The van der Waals surface area contributed by atoms with Crippen LogP contribution in [-0.4, -0.2) is 12.7 Å². The van der Waals surface area contributed by atoms with Gasteiger partial charge in [0.2, 0.25) is 0 Å². The molecule has 0 unspecified atom stereocenters. The van der Waals surface area contributed by atoms with Crippen LogP contribution >= 0.6 is 15.9 Å². The summed E-state index contributed by atoms with van der Waals surface area (Å²) in [5.41, 5.74) is 2.65. The fraction of sp³-hybridized carbons (Fsp3) is 0.200. The van der Waals surface area contributed by atoms with Crippen molar-refractivity contribution in [1.82, 2.24) is 0 Å². The van der Waals surface area contributed by atoms with Crippen molar-refractivity contribution < 1.29 is 4.74 Å². The van der Waals surface area contributed by atoms with Gasteiger partial charge in [-0.05, 0) is 23.3 Å². The van der Waals surface area contributed by atoms with Crippen LogP contribution in [0.1, 0.15) is 17.0 Å². The van der Waals surface area contributed by atoms with Gasteiger partial charge >= 0.3 is 0 Å². The Hall–Kier alpha value is -1.12. The fourth-order valence-corrected chi connectivity index (χ4v) is 2.46. The molecule has 2 atom stereocenters. The quantitative estimate of drug-likeness (QED) is 0.779. The number of halogens is 1. The second-order valence-corrected chi connectivity index (χ2v) is 5.23. The first-order valence-corrected chi connectivity index (χ1v) is 6.56. The predicted molar refractivity (Wildman–Crippen MR) is 72.2 cm³/mol. The molecule has 17 heavy (non-hydrogen) atoms. The highest BCUT2D eigenvalue weighted by atomic mass is 79.9. The lowest BCUT2D eigenvalue weighted by atomic mass is 9.89. The van der Waals surface area contributed by atoms with Crippen molar-refractivity contribution in [3.63, 3.8) is 0 Å². The largest absolute Gasteiger partial charge is 0.372 e. The molecular formula is C15H13BrO. The van der Waals surface area contributed by atoms with Crippen LogP contribution in [0.4, 0.5) is 0 Å². The molecule has 86 valence electrons. The van der Waals surface area contributed by atoms with Crippen molar-refractivity contribution in [2.45, 2.75) is 12.0 Å². The van der Waals surface area contributed by atoms with Crippen molar-refractivity contribution in [1.29, 1.82) is 0 Å². The summed E-state index contributed by atoms with van der Waals surface area (Å²) in [5.74, 6) is 0.365. The van der Waals surface area contributed by atoms with Crippen molar-refractivity contribution in [3.8, 4) is 0 Å². The lowest BCUT2D eigenvalue weighted by Gasteiger charge is -2.15. The Morgan fingerprint density at radius 2 is 1.53 bits per heavy atom. The second-order valence-electron chi connectivity index (χ2n) is 4.31. The van der Waals surface area contributed by atoms with E-state index in [0.717, 1.165) is 11.1 Å². The van der Waals surface area contributed by atoms with Crippen LogP contribution in [-0.2, 0) is 4.74 Å². The predicted octanol–water partition coefficient (Wildman–Crippen LogP) is 3.98. The Morgan fingerprint density at radius 1 is 0.941 bits per heavy atom. The number of benzene rings is 2. The minimum Gasteiger partial charge on any atom is -0.372 e. The molecule has 1 fully saturated rings. The molecule has 0 aromatic heterocycles. The van der Waals surface area contributed by atoms with Crippen LogP contribution in [0, 0.1) is 0 Å². The van der Waals surface area contributed by atoms with E-state index in [1.54, 1.807) is 0 Å². The molecule has 1 aliphatic rings. The maximum Gasteiger partial charge on any atom is 0.0918 e. The smallest absolute Gasteiger partial charge is 0.0918 e. The van der Waals surface area contributed by atoms with Gasteiger partial charge in [-0.1, -0.05) is 58.4 Å². The summed E-state index contributed by atoms with van der Waals surface area (Å²) in [5, 5.41) is 0. The van der Waals surface area contributed by atoms with Gasteiger partial charge in [-0.25, -0.2) is 0 Å². The molecule has 0 spiro atoms. The topological polar surface area (TPSA) is 12.5 Å². The van der Waals surface area contributed by atoms with Crippen LogP contribution in [0.15, 0.2) is 59.1 Å². The molecule has 1 heterocycles. The van der Waals surface area contributed by atoms with Crippen LogP contribution in [0.3, 0.4) is 0 Å². The maximum absolute atomic E-state index is 5.50. The van der Waals surface area contributed by atoms with E-state index < -0.39 is 0 Å². The molecule has 0 saturated carbocycles. The SMILES string of the molecule is Brc1ccc([C@H](c2ccccc2)[C@H]2CO2)cc1. The molecule has 0 amide bonds. The highest BCUT2D eigenvalue weighted by Crippen LogP contribution is 2.36. The average Bonchev–Trinajstić information content (AvgIpc) is 3.18. The van der Waals surface area contributed by atoms with E-state index in [9.17, 15) is 0 Å². The molecule has 2 aromatic carbocycles. The third-order valence-corrected chi connectivity index (χ3v) is 3.65. The zero-order valence-electron chi connectivity index (χ0n) is 9.34. The Kier molecular flexibility index (Phi) is 3.00. The number of hydrogen-bond donors (Lipinski definition) is 0. The second kappa shape index (κ2) is 4.63. The minimum atomic E-state index is 0.346. The van der Waals surface area contributed by atoms with E-state index in [-0.39, 0.29) is 0 Å². The van der Waals surface area contributed by atoms with Crippen LogP contribution in [0.25, 0.3) is 0 Å². The van der Waals surface area contributed by atoms with Crippen LogP contribution in [0.5, 0.6) is 0 Å². The van der Waals surface area contributed by atoms with Crippen molar-refractivity contribution in [2.24, 2.45) is 0 Å². The number of epoxide rings is 1. The van der Waals surface area contributed by atoms with Crippen molar-refractivity contribution >= 4 is 15.9 Å². The summed E-state index contributed by atoms with van der Waals surface area (Å²) in [6, 6.07) is 19.1. The highest BCUT2D eigenvalue weighted by Gasteiger charge is 2.34. The third-order valence-electron chi connectivity index (χ3n) is 3.12. The van der Waals surface area contributed by atoms with Gasteiger partial charge in [0, 0.05) is 10.4 Å². The van der Waals surface area contributed by atoms with Crippen LogP contribution in [0.2, 0.25) is 0 Å². The normalized spacial score (nSPS) is 19.9. The summed E-state index contributed by atoms with van der Waals surface area (Å²) >= 11 is 3.47. The van der Waals surface area contributed by atoms with E-state index in [1.807, 2.05) is 0 Å². The van der Waals surface area contributed by atoms with Crippen molar-refractivity contribution in [3.05, 3.63) is 70.2 Å². The molecule has 3 rings (SSSR count). The Labute approximate surface area is 110 Å². The molecule has 1 saturated heterocycles. The summed E-state index contributed by atoms with van der Waals surface area (Å²) < 4.78 is 6.61. The standard InChI is InChI=1S/C15H13BrO/c16-13-8-6-12(7-9-13)15(14-10-17-14)11-4-2-1-3-5-11/h1-9,14-15H,10H2/t14-,15+/m1/s1. The van der Waals surface area contributed by atoms with Gasteiger partial charge in [-0.2, -0.15) is 0 Å². The maximum atomic E-state index is 5.50. The molecular weight excluding hydrogens is 276 g/mol. The van der Waals surface area contributed by atoms with E-state index >= 15 is 0 Å². The molecule has 0 aliphatic carbocycles. The van der Waals surface area contributed by atoms with Gasteiger partial charge in [0.1, 0.15) is 0 Å². The average molecular weight is 289 g/mol. The number of hydrogen-bond acceptors (Lipinski definition) is 1. The van der Waals surface area contributed by atoms with Gasteiger partial charge in [0.05, 0.1) is 12.7 Å². The summed E-state index contributed by atoms with van der Waals surface area (Å²) in [4.78, 5) is 0. The summed E-state index contributed by atoms with van der Waals surface area (Å²) in [7, 11) is 0. The van der Waals surface area contributed by atoms with E-state index in [0.29, 0.717) is 12.0 Å². The zero-order chi connectivity index (χ0) is 11.7. The first-order valence-electron chi connectivity index (χ1n) is 5.76. The fourth-order valence-electron chi connectivity index (χ4n) is 2.20. The molecule has 0 N–H and O–H groups in total. The van der Waals surface area contributed by atoms with Gasteiger partial charge in [0.15, 0.2) is 0 Å². The molecule has 0 radical (unpaired) electrons. The molecule has 1 aliphatic heterocycles. The number of rotatable bonds is 3. The van der Waals surface area contributed by atoms with Crippen molar-refractivity contribution in [2.75, 3.05) is 6.61 Å². The van der Waals surface area contributed by atoms with Gasteiger partial charge in [-0.3, -0.25) is 0 Å². The summed E-state index contributed by atoms with van der Waals surface area (Å²) in [6.07, 6.45) is 0.346. The monoisotopic (exact) mass is 288 g/mol. The Morgan fingerprint density at radius 3 is 2.12 bits per heavy atom. The lowest BCUT2D eigenvalue weighted by Crippen LogP contribution is -2.07. The zero-order valence-corrected chi connectivity index (χ0v) is 10.9. The van der Waals surface area contributed by atoms with E-state index in [4.69, 9.17) is 4.74 Å². The van der Waals surface area contributed by atoms with Gasteiger partial charge in [-0.15, -0.1) is 0 Å². The first kappa shape index (κ1) is 11.0. The van der Waals surface area contributed by atoms with Gasteiger partial charge in [0.25, 0.3) is 0 Å². The minimum absolute atomic E-state index is 0.346. The van der Waals surface area contributed by atoms with Gasteiger partial charge < -0.3 is 4.74 Å². The molecule has 2 heteroatoms. The van der Waals surface area contributed by atoms with E-state index in [1.165, 1.54) is 11.1 Å². The lowest BCUT2D eigenvalue weighted by molar-refractivity contribution is 0.389. The van der Waals surface area contributed by atoms with E-state index in [2.05, 4.69) is 70.5 Å². The highest BCUT2D eigenvalue weighted by molar-refractivity contribution is 9.10. The van der Waals surface area contributed by atoms with Crippen LogP contribution < -0.4 is 0 Å². The number of ether oxygens (including phenoxy) is 1.